The van der Waals surface area contributed by atoms with Crippen molar-refractivity contribution in [1.82, 2.24) is 0 Å². The molecule has 1 saturated heterocycles. The third-order valence-electron chi connectivity index (χ3n) is 1.32. The van der Waals surface area contributed by atoms with Crippen LogP contribution >= 0.6 is 0 Å². The lowest BCUT2D eigenvalue weighted by Gasteiger charge is -2.10. The molecular formula is C6H12O3. The van der Waals surface area contributed by atoms with Gasteiger partial charge >= 0.3 is 0 Å². The van der Waals surface area contributed by atoms with Crippen LogP contribution in [-0.2, 0) is 9.47 Å². The van der Waals surface area contributed by atoms with Gasteiger partial charge in [-0.05, 0) is 13.3 Å². The van der Waals surface area contributed by atoms with E-state index in [1.807, 2.05) is 6.92 Å². The maximum atomic E-state index is 8.91. The van der Waals surface area contributed by atoms with E-state index in [4.69, 9.17) is 14.6 Å². The molecule has 1 aliphatic heterocycles. The van der Waals surface area contributed by atoms with Crippen LogP contribution in [0.5, 0.6) is 0 Å². The van der Waals surface area contributed by atoms with Gasteiger partial charge in [-0.15, -0.1) is 0 Å². The van der Waals surface area contributed by atoms with E-state index in [2.05, 4.69) is 0 Å². The summed E-state index contributed by atoms with van der Waals surface area (Å²) in [5, 5.41) is 8.91. The molecule has 0 radical (unpaired) electrons. The van der Waals surface area contributed by atoms with Crippen LogP contribution < -0.4 is 0 Å². The lowest BCUT2D eigenvalue weighted by Crippen LogP contribution is -2.19. The predicted octanol–water partition coefficient (Wildman–Crippen LogP) is 0.130. The van der Waals surface area contributed by atoms with Crippen LogP contribution in [-0.4, -0.2) is 30.7 Å². The molecule has 0 aromatic rings. The van der Waals surface area contributed by atoms with E-state index in [1.165, 1.54) is 0 Å². The zero-order valence-electron chi connectivity index (χ0n) is 5.54. The van der Waals surface area contributed by atoms with Crippen molar-refractivity contribution >= 4 is 0 Å². The lowest BCUT2D eigenvalue weighted by atomic mass is 10.3. The summed E-state index contributed by atoms with van der Waals surface area (Å²) in [6, 6.07) is 0. The first-order valence-electron chi connectivity index (χ1n) is 3.20. The van der Waals surface area contributed by atoms with Crippen LogP contribution in [0.25, 0.3) is 0 Å². The van der Waals surface area contributed by atoms with Gasteiger partial charge in [0.2, 0.25) is 0 Å². The van der Waals surface area contributed by atoms with Crippen molar-refractivity contribution in [3.63, 3.8) is 0 Å². The Morgan fingerprint density at radius 3 is 3.11 bits per heavy atom. The standard InChI is InChI=1S/C6H12O3/c1-5-2-3-8-4-6(7)9-5/h5-7H,2-4H2,1H3. The molecule has 0 aromatic heterocycles. The molecule has 3 nitrogen and oxygen atoms in total. The highest BCUT2D eigenvalue weighted by molar-refractivity contribution is 4.54. The highest BCUT2D eigenvalue weighted by Gasteiger charge is 2.13. The van der Waals surface area contributed by atoms with Gasteiger partial charge in [0.25, 0.3) is 0 Å². The lowest BCUT2D eigenvalue weighted by molar-refractivity contribution is -0.138. The second-order valence-corrected chi connectivity index (χ2v) is 2.26. The molecule has 3 heteroatoms. The van der Waals surface area contributed by atoms with Crippen molar-refractivity contribution in [2.24, 2.45) is 0 Å². The molecule has 0 aromatic carbocycles. The molecule has 0 amide bonds. The smallest absolute Gasteiger partial charge is 0.178 e. The Morgan fingerprint density at radius 1 is 1.56 bits per heavy atom. The van der Waals surface area contributed by atoms with E-state index in [-0.39, 0.29) is 6.10 Å². The van der Waals surface area contributed by atoms with Crippen molar-refractivity contribution in [3.8, 4) is 0 Å². The molecular weight excluding hydrogens is 120 g/mol. The number of ether oxygens (including phenoxy) is 2. The quantitative estimate of drug-likeness (QED) is 0.509. The number of aliphatic hydroxyl groups excluding tert-OH is 1. The zero-order chi connectivity index (χ0) is 6.69. The van der Waals surface area contributed by atoms with Crippen molar-refractivity contribution in [2.75, 3.05) is 13.2 Å². The van der Waals surface area contributed by atoms with Crippen LogP contribution in [0.2, 0.25) is 0 Å². The molecule has 2 unspecified atom stereocenters. The van der Waals surface area contributed by atoms with Crippen molar-refractivity contribution < 1.29 is 14.6 Å². The van der Waals surface area contributed by atoms with Crippen LogP contribution in [0.4, 0.5) is 0 Å². The Bertz CT molecular complexity index is 74.4. The second-order valence-electron chi connectivity index (χ2n) is 2.26. The van der Waals surface area contributed by atoms with Crippen molar-refractivity contribution in [3.05, 3.63) is 0 Å². The molecule has 9 heavy (non-hydrogen) atoms. The third kappa shape index (κ3) is 2.30. The Morgan fingerprint density at radius 2 is 2.33 bits per heavy atom. The normalized spacial score (nSPS) is 38.0. The summed E-state index contributed by atoms with van der Waals surface area (Å²) in [7, 11) is 0. The molecule has 0 bridgehead atoms. The van der Waals surface area contributed by atoms with Crippen LogP contribution in [0.1, 0.15) is 13.3 Å². The Kier molecular flexibility index (Phi) is 2.45. The predicted molar refractivity (Wildman–Crippen MR) is 32.0 cm³/mol. The van der Waals surface area contributed by atoms with Crippen molar-refractivity contribution in [2.45, 2.75) is 25.7 Å². The fourth-order valence-corrected chi connectivity index (χ4v) is 0.809. The van der Waals surface area contributed by atoms with Crippen molar-refractivity contribution in [1.29, 1.82) is 0 Å². The second kappa shape index (κ2) is 3.15. The summed E-state index contributed by atoms with van der Waals surface area (Å²) in [6.07, 6.45) is 0.279. The molecule has 1 N–H and O–H groups in total. The molecule has 2 atom stereocenters. The molecule has 1 rings (SSSR count). The van der Waals surface area contributed by atoms with E-state index in [0.717, 1.165) is 6.42 Å². The van der Waals surface area contributed by atoms with Gasteiger partial charge in [-0.3, -0.25) is 0 Å². The minimum atomic E-state index is -0.720. The summed E-state index contributed by atoms with van der Waals surface area (Å²) < 4.78 is 10.0. The third-order valence-corrected chi connectivity index (χ3v) is 1.32. The zero-order valence-corrected chi connectivity index (χ0v) is 5.54. The number of rotatable bonds is 0. The fourth-order valence-electron chi connectivity index (χ4n) is 0.809. The summed E-state index contributed by atoms with van der Waals surface area (Å²) >= 11 is 0. The number of hydrogen-bond donors (Lipinski definition) is 1. The molecule has 1 fully saturated rings. The maximum absolute atomic E-state index is 8.91. The van der Waals surface area contributed by atoms with Gasteiger partial charge < -0.3 is 14.6 Å². The largest absolute Gasteiger partial charge is 0.376 e. The minimum absolute atomic E-state index is 0.127. The van der Waals surface area contributed by atoms with Gasteiger partial charge in [0, 0.05) is 6.61 Å². The summed E-state index contributed by atoms with van der Waals surface area (Å²) in [5.74, 6) is 0. The van der Waals surface area contributed by atoms with Gasteiger partial charge in [-0.25, -0.2) is 0 Å². The average molecular weight is 132 g/mol. The summed E-state index contributed by atoms with van der Waals surface area (Å²) in [6.45, 7) is 2.93. The number of hydrogen-bond acceptors (Lipinski definition) is 3. The number of aliphatic hydroxyl groups is 1. The van der Waals surface area contributed by atoms with Gasteiger partial charge in [-0.2, -0.15) is 0 Å². The Balaban J connectivity index is 2.29. The monoisotopic (exact) mass is 132 g/mol. The molecule has 54 valence electrons. The van der Waals surface area contributed by atoms with E-state index in [0.29, 0.717) is 13.2 Å². The molecule has 1 heterocycles. The van der Waals surface area contributed by atoms with E-state index >= 15 is 0 Å². The maximum Gasteiger partial charge on any atom is 0.178 e. The molecule has 0 spiro atoms. The molecule has 0 saturated carbocycles. The molecule has 1 aliphatic rings. The highest BCUT2D eigenvalue weighted by atomic mass is 16.6. The van der Waals surface area contributed by atoms with Crippen LogP contribution in [0.3, 0.4) is 0 Å². The van der Waals surface area contributed by atoms with Gasteiger partial charge in [-0.1, -0.05) is 0 Å². The van der Waals surface area contributed by atoms with Gasteiger partial charge in [0.05, 0.1) is 12.7 Å². The van der Waals surface area contributed by atoms with E-state index in [1.54, 1.807) is 0 Å². The summed E-state index contributed by atoms with van der Waals surface area (Å²) in [5.41, 5.74) is 0. The minimum Gasteiger partial charge on any atom is -0.376 e. The molecule has 0 aliphatic carbocycles. The van der Waals surface area contributed by atoms with E-state index in [9.17, 15) is 0 Å². The first kappa shape index (κ1) is 6.99. The van der Waals surface area contributed by atoms with Gasteiger partial charge in [0.1, 0.15) is 0 Å². The van der Waals surface area contributed by atoms with Crippen LogP contribution in [0.15, 0.2) is 0 Å². The first-order valence-corrected chi connectivity index (χ1v) is 3.20. The summed E-state index contributed by atoms with van der Waals surface area (Å²) in [4.78, 5) is 0. The van der Waals surface area contributed by atoms with Gasteiger partial charge in [0.15, 0.2) is 6.29 Å². The fraction of sp³-hybridized carbons (Fsp3) is 1.00. The van der Waals surface area contributed by atoms with E-state index < -0.39 is 6.29 Å². The van der Waals surface area contributed by atoms with Crippen LogP contribution in [0, 0.1) is 0 Å². The highest BCUT2D eigenvalue weighted by Crippen LogP contribution is 2.05. The Hall–Kier alpha value is -0.120. The average Bonchev–Trinajstić information content (AvgIpc) is 1.93. The first-order chi connectivity index (χ1) is 4.29. The SMILES string of the molecule is CC1CCOCC(O)O1. The Labute approximate surface area is 54.6 Å². The topological polar surface area (TPSA) is 38.7 Å².